The predicted octanol–water partition coefficient (Wildman–Crippen LogP) is 4.11. The van der Waals surface area contributed by atoms with Gasteiger partial charge >= 0.3 is 6.09 Å². The molecule has 6 N–H and O–H groups in total. The van der Waals surface area contributed by atoms with Gasteiger partial charge in [0.05, 0.1) is 11.5 Å². The van der Waals surface area contributed by atoms with Gasteiger partial charge in [-0.25, -0.2) is 13.2 Å². The average molecular weight is 611 g/mol. The number of hydrogen-bond donors (Lipinski definition) is 5. The number of nitrogens with two attached hydrogens (primary N) is 1. The van der Waals surface area contributed by atoms with Crippen molar-refractivity contribution < 1.29 is 28.2 Å². The van der Waals surface area contributed by atoms with E-state index in [4.69, 9.17) is 5.73 Å². The molecule has 3 rings (SSSR count). The Morgan fingerprint density at radius 2 is 1.53 bits per heavy atom. The van der Waals surface area contributed by atoms with Crippen LogP contribution in [-0.4, -0.2) is 66.7 Å². The molecule has 11 heteroatoms. The molecule has 0 aromatic heterocycles. The molecule has 0 spiro atoms. The number of nitrogens with zero attached hydrogens (tertiary/aromatic N) is 1. The van der Waals surface area contributed by atoms with Crippen LogP contribution in [0.1, 0.15) is 38.7 Å². The minimum atomic E-state index is -3.87. The van der Waals surface area contributed by atoms with Crippen molar-refractivity contribution in [1.29, 1.82) is 0 Å². The van der Waals surface area contributed by atoms with Crippen molar-refractivity contribution in [2.24, 2.45) is 5.92 Å². The molecular weight excluding hydrogens is 568 g/mol. The molecule has 0 bridgehead atoms. The fraction of sp³-hybridized carbons (Fsp3) is 0.375. The van der Waals surface area contributed by atoms with Gasteiger partial charge in [-0.15, -0.1) is 0 Å². The predicted molar refractivity (Wildman–Crippen MR) is 168 cm³/mol. The first-order valence-corrected chi connectivity index (χ1v) is 15.8. The smallest absolute Gasteiger partial charge is 0.405 e. The number of carbonyl (C=O) groups is 2. The van der Waals surface area contributed by atoms with E-state index in [1.54, 1.807) is 0 Å². The molecule has 0 saturated heterocycles. The second-order valence-corrected chi connectivity index (χ2v) is 12.8. The maximum absolute atomic E-state index is 13.4. The molecule has 0 radical (unpaired) electrons. The first-order chi connectivity index (χ1) is 20.5. The van der Waals surface area contributed by atoms with Gasteiger partial charge < -0.3 is 26.6 Å². The summed E-state index contributed by atoms with van der Waals surface area (Å²) in [5, 5.41) is 24.5. The Morgan fingerprint density at radius 3 is 2.12 bits per heavy atom. The zero-order chi connectivity index (χ0) is 31.4. The number of nitrogens with one attached hydrogen (secondary N) is 2. The van der Waals surface area contributed by atoms with Crippen molar-refractivity contribution in [3.63, 3.8) is 0 Å². The average Bonchev–Trinajstić information content (AvgIpc) is 2.98. The molecule has 3 aromatic rings. The van der Waals surface area contributed by atoms with Crippen LogP contribution in [-0.2, 0) is 21.2 Å². The van der Waals surface area contributed by atoms with Crippen molar-refractivity contribution in [2.45, 2.75) is 56.5 Å². The lowest BCUT2D eigenvalue weighted by molar-refractivity contribution is -0.123. The summed E-state index contributed by atoms with van der Waals surface area (Å²) in [5.74, 6) is -0.411. The van der Waals surface area contributed by atoms with Crippen LogP contribution in [0.4, 0.5) is 10.5 Å². The van der Waals surface area contributed by atoms with Crippen LogP contribution in [0, 0.1) is 5.92 Å². The minimum absolute atomic E-state index is 0.0325. The monoisotopic (exact) mass is 610 g/mol. The van der Waals surface area contributed by atoms with E-state index in [1.165, 1.54) is 28.6 Å². The SMILES string of the molecule is CC(C)CN(C(CO)CCCCNC(=O)C(Cc1ccc(-c2ccccc2)cc1)NC(=O)O)S(=O)(=O)c1ccc(N)cc1. The fourth-order valence-corrected chi connectivity index (χ4v) is 6.61. The first-order valence-electron chi connectivity index (χ1n) is 14.4. The van der Waals surface area contributed by atoms with E-state index in [0.29, 0.717) is 24.9 Å². The molecule has 2 amide bonds. The molecule has 10 nitrogen and oxygen atoms in total. The van der Waals surface area contributed by atoms with Gasteiger partial charge in [0.1, 0.15) is 6.04 Å². The highest BCUT2D eigenvalue weighted by atomic mass is 32.2. The summed E-state index contributed by atoms with van der Waals surface area (Å²) in [6.45, 7) is 3.99. The van der Waals surface area contributed by atoms with E-state index in [2.05, 4.69) is 10.6 Å². The van der Waals surface area contributed by atoms with Gasteiger partial charge in [-0.1, -0.05) is 74.9 Å². The second kappa shape index (κ2) is 16.1. The Morgan fingerprint density at radius 1 is 0.907 bits per heavy atom. The number of amides is 2. The van der Waals surface area contributed by atoms with Crippen molar-refractivity contribution in [2.75, 3.05) is 25.4 Å². The minimum Gasteiger partial charge on any atom is -0.465 e. The summed E-state index contributed by atoms with van der Waals surface area (Å²) in [6.07, 6.45) is 0.338. The molecule has 0 fully saturated rings. The van der Waals surface area contributed by atoms with Crippen LogP contribution in [0.25, 0.3) is 11.1 Å². The molecule has 43 heavy (non-hydrogen) atoms. The summed E-state index contributed by atoms with van der Waals surface area (Å²) >= 11 is 0. The number of unbranched alkanes of at least 4 members (excludes halogenated alkanes) is 1. The van der Waals surface area contributed by atoms with Crippen LogP contribution in [0.15, 0.2) is 83.8 Å². The molecule has 2 unspecified atom stereocenters. The number of carbonyl (C=O) groups excluding carboxylic acids is 1. The third-order valence-electron chi connectivity index (χ3n) is 7.03. The van der Waals surface area contributed by atoms with Gasteiger partial charge in [0.2, 0.25) is 15.9 Å². The second-order valence-electron chi connectivity index (χ2n) is 10.9. The zero-order valence-corrected chi connectivity index (χ0v) is 25.5. The van der Waals surface area contributed by atoms with Crippen molar-refractivity contribution in [3.8, 4) is 11.1 Å². The Labute approximate surface area is 254 Å². The number of nitrogen functional groups attached to an aromatic ring is 1. The van der Waals surface area contributed by atoms with Crippen molar-refractivity contribution >= 4 is 27.7 Å². The van der Waals surface area contributed by atoms with E-state index in [9.17, 15) is 28.2 Å². The highest BCUT2D eigenvalue weighted by Crippen LogP contribution is 2.23. The van der Waals surface area contributed by atoms with Crippen molar-refractivity contribution in [1.82, 2.24) is 14.9 Å². The molecule has 2 atom stereocenters. The van der Waals surface area contributed by atoms with Crippen LogP contribution in [0.2, 0.25) is 0 Å². The van der Waals surface area contributed by atoms with Crippen LogP contribution < -0.4 is 16.4 Å². The van der Waals surface area contributed by atoms with Gasteiger partial charge in [0.25, 0.3) is 0 Å². The summed E-state index contributed by atoms with van der Waals surface area (Å²) in [4.78, 5) is 24.4. The van der Waals surface area contributed by atoms with Crippen LogP contribution >= 0.6 is 0 Å². The highest BCUT2D eigenvalue weighted by molar-refractivity contribution is 7.89. The summed E-state index contributed by atoms with van der Waals surface area (Å²) < 4.78 is 28.2. The molecule has 0 saturated carbocycles. The largest absolute Gasteiger partial charge is 0.465 e. The van der Waals surface area contributed by atoms with E-state index < -0.39 is 34.1 Å². The highest BCUT2D eigenvalue weighted by Gasteiger charge is 2.31. The first kappa shape index (κ1) is 33.6. The Hall–Kier alpha value is -3.93. The number of carboxylic acid groups (broad SMARTS) is 1. The number of rotatable bonds is 16. The summed E-state index contributed by atoms with van der Waals surface area (Å²) in [6, 6.07) is 21.9. The summed E-state index contributed by atoms with van der Waals surface area (Å²) in [7, 11) is -3.87. The summed E-state index contributed by atoms with van der Waals surface area (Å²) in [5.41, 5.74) is 9.07. The fourth-order valence-electron chi connectivity index (χ4n) is 4.80. The van der Waals surface area contributed by atoms with Gasteiger partial charge in [-0.05, 0) is 59.7 Å². The van der Waals surface area contributed by atoms with Crippen molar-refractivity contribution in [3.05, 3.63) is 84.4 Å². The lowest BCUT2D eigenvalue weighted by Crippen LogP contribution is -2.47. The third-order valence-corrected chi connectivity index (χ3v) is 8.96. The Balaban J connectivity index is 1.56. The maximum atomic E-state index is 13.4. The third kappa shape index (κ3) is 10.1. The molecule has 0 aliphatic carbocycles. The Kier molecular flexibility index (Phi) is 12.5. The van der Waals surface area contributed by atoms with Crippen LogP contribution in [0.3, 0.4) is 0 Å². The van der Waals surface area contributed by atoms with E-state index in [1.807, 2.05) is 68.4 Å². The zero-order valence-electron chi connectivity index (χ0n) is 24.6. The van der Waals surface area contributed by atoms with E-state index in [0.717, 1.165) is 16.7 Å². The number of hydrogen-bond acceptors (Lipinski definition) is 6. The normalized spacial score (nSPS) is 13.0. The molecule has 0 aliphatic rings. The van der Waals surface area contributed by atoms with Gasteiger partial charge in [0, 0.05) is 31.2 Å². The number of anilines is 1. The number of sulfonamides is 1. The number of benzene rings is 3. The molecule has 0 heterocycles. The molecule has 3 aromatic carbocycles. The molecule has 0 aliphatic heterocycles. The lowest BCUT2D eigenvalue weighted by Gasteiger charge is -2.31. The molecule has 232 valence electrons. The van der Waals surface area contributed by atoms with E-state index in [-0.39, 0.29) is 36.9 Å². The number of aliphatic hydroxyl groups is 1. The van der Waals surface area contributed by atoms with E-state index >= 15 is 0 Å². The van der Waals surface area contributed by atoms with Gasteiger partial charge in [-0.3, -0.25) is 4.79 Å². The Bertz CT molecular complexity index is 1410. The molecular formula is C32H42N4O6S. The number of aliphatic hydroxyl groups excluding tert-OH is 1. The van der Waals surface area contributed by atoms with Gasteiger partial charge in [-0.2, -0.15) is 4.31 Å². The lowest BCUT2D eigenvalue weighted by atomic mass is 10.0. The van der Waals surface area contributed by atoms with Gasteiger partial charge in [0.15, 0.2) is 0 Å². The maximum Gasteiger partial charge on any atom is 0.405 e. The van der Waals surface area contributed by atoms with Crippen LogP contribution in [0.5, 0.6) is 0 Å². The quantitative estimate of drug-likeness (QED) is 0.120. The standard InChI is InChI=1S/C32H42N4O6S/c1-23(2)21-36(43(41,42)29-17-15-27(33)16-18-29)28(22-37)10-6-7-19-34-31(38)30(35-32(39)40)20-24-11-13-26(14-12-24)25-8-4-3-5-9-25/h3-5,8-9,11-18,23,28,30,35,37H,6-7,10,19-22,33H2,1-2H3,(H,34,38)(H,39,40). The topological polar surface area (TPSA) is 162 Å².